The average Bonchev–Trinajstić information content (AvgIpc) is 2.35. The molecule has 2 nitrogen and oxygen atoms in total. The van der Waals surface area contributed by atoms with Crippen molar-refractivity contribution >= 4 is 0 Å². The van der Waals surface area contributed by atoms with Crippen molar-refractivity contribution in [3.63, 3.8) is 0 Å². The molecule has 0 aliphatic heterocycles. The molecule has 0 aromatic heterocycles. The molecule has 2 aromatic carbocycles. The van der Waals surface area contributed by atoms with E-state index >= 15 is 0 Å². The molecule has 2 rings (SSSR count). The third-order valence-corrected chi connectivity index (χ3v) is 3.15. The minimum Gasteiger partial charge on any atom is -0.271 e. The predicted octanol–water partition coefficient (Wildman–Crippen LogP) is 3.27. The Hall–Kier alpha value is -1.85. The van der Waals surface area contributed by atoms with Gasteiger partial charge in [-0.2, -0.15) is 0 Å². The van der Waals surface area contributed by atoms with Crippen LogP contribution in [0.2, 0.25) is 0 Å². The number of nitrogens with two attached hydrogens (primary N) is 1. The van der Waals surface area contributed by atoms with Gasteiger partial charge in [-0.3, -0.25) is 5.84 Å². The third kappa shape index (κ3) is 2.84. The van der Waals surface area contributed by atoms with Crippen LogP contribution in [0.5, 0.6) is 0 Å². The van der Waals surface area contributed by atoms with Gasteiger partial charge in [0.25, 0.3) is 0 Å². The highest BCUT2D eigenvalue weighted by Crippen LogP contribution is 2.27. The van der Waals surface area contributed by atoms with Gasteiger partial charge in [-0.05, 0) is 48.7 Å². The normalized spacial score (nSPS) is 12.5. The van der Waals surface area contributed by atoms with E-state index in [4.69, 9.17) is 5.84 Å². The van der Waals surface area contributed by atoms with Crippen molar-refractivity contribution in [2.75, 3.05) is 0 Å². The first-order valence-corrected chi connectivity index (χ1v) is 6.11. The maximum Gasteiger partial charge on any atom is 0.131 e. The molecule has 0 bridgehead atoms. The number of hydrogen-bond donors (Lipinski definition) is 2. The smallest absolute Gasteiger partial charge is 0.131 e. The number of rotatable bonds is 3. The fourth-order valence-corrected chi connectivity index (χ4v) is 2.20. The molecule has 0 aliphatic carbocycles. The van der Waals surface area contributed by atoms with Crippen molar-refractivity contribution in [2.24, 2.45) is 5.84 Å². The van der Waals surface area contributed by atoms with E-state index < -0.39 is 23.5 Å². The van der Waals surface area contributed by atoms with Crippen LogP contribution in [0, 0.1) is 31.3 Å². The molecule has 0 amide bonds. The molecule has 106 valence electrons. The molecule has 0 spiro atoms. The maximum absolute atomic E-state index is 13.9. The largest absolute Gasteiger partial charge is 0.271 e. The zero-order chi connectivity index (χ0) is 14.9. The van der Waals surface area contributed by atoms with Crippen LogP contribution in [0.4, 0.5) is 13.2 Å². The third-order valence-electron chi connectivity index (χ3n) is 3.15. The van der Waals surface area contributed by atoms with Gasteiger partial charge in [0.05, 0.1) is 6.04 Å². The molecule has 0 aliphatic rings. The van der Waals surface area contributed by atoms with Crippen molar-refractivity contribution in [1.29, 1.82) is 0 Å². The number of hydrazine groups is 1. The van der Waals surface area contributed by atoms with E-state index in [0.717, 1.165) is 6.07 Å². The Balaban J connectivity index is 2.55. The molecular weight excluding hydrogens is 265 g/mol. The van der Waals surface area contributed by atoms with E-state index in [1.807, 2.05) is 0 Å². The fourth-order valence-electron chi connectivity index (χ4n) is 2.20. The van der Waals surface area contributed by atoms with Crippen LogP contribution >= 0.6 is 0 Å². The van der Waals surface area contributed by atoms with E-state index in [-0.39, 0.29) is 5.56 Å². The van der Waals surface area contributed by atoms with Crippen LogP contribution in [-0.2, 0) is 0 Å². The van der Waals surface area contributed by atoms with Crippen LogP contribution in [0.1, 0.15) is 28.3 Å². The zero-order valence-electron chi connectivity index (χ0n) is 11.2. The van der Waals surface area contributed by atoms with Gasteiger partial charge in [-0.25, -0.2) is 18.6 Å². The summed E-state index contributed by atoms with van der Waals surface area (Å²) in [5, 5.41) is 0. The molecule has 0 radical (unpaired) electrons. The second-order valence-corrected chi connectivity index (χ2v) is 4.78. The predicted molar refractivity (Wildman–Crippen MR) is 71.4 cm³/mol. The van der Waals surface area contributed by atoms with E-state index in [0.29, 0.717) is 16.7 Å². The number of benzene rings is 2. The zero-order valence-corrected chi connectivity index (χ0v) is 11.2. The van der Waals surface area contributed by atoms with Crippen molar-refractivity contribution in [3.05, 3.63) is 70.0 Å². The minimum absolute atomic E-state index is 0.177. The standard InChI is InChI=1S/C15H15F3N2/c1-8-3-10(6-11(16)4-8)15(20-19)12-5-9(2)13(17)7-14(12)18/h3-7,15,20H,19H2,1-2H3. The molecule has 0 saturated carbocycles. The van der Waals surface area contributed by atoms with Gasteiger partial charge in [0, 0.05) is 11.6 Å². The first kappa shape index (κ1) is 14.6. The van der Waals surface area contributed by atoms with Gasteiger partial charge in [-0.1, -0.05) is 6.07 Å². The summed E-state index contributed by atoms with van der Waals surface area (Å²) in [5.41, 5.74) is 4.10. The van der Waals surface area contributed by atoms with Crippen LogP contribution in [0.15, 0.2) is 30.3 Å². The number of nitrogens with one attached hydrogen (secondary N) is 1. The summed E-state index contributed by atoms with van der Waals surface area (Å²) in [6.07, 6.45) is 0. The molecule has 1 atom stereocenters. The van der Waals surface area contributed by atoms with E-state index in [1.165, 1.54) is 25.1 Å². The molecule has 5 heteroatoms. The number of aryl methyl sites for hydroxylation is 2. The van der Waals surface area contributed by atoms with Crippen molar-refractivity contribution in [3.8, 4) is 0 Å². The molecule has 3 N–H and O–H groups in total. The lowest BCUT2D eigenvalue weighted by Gasteiger charge is -2.19. The summed E-state index contributed by atoms with van der Waals surface area (Å²) < 4.78 is 40.7. The first-order chi connectivity index (χ1) is 9.42. The Morgan fingerprint density at radius 2 is 1.65 bits per heavy atom. The molecule has 20 heavy (non-hydrogen) atoms. The molecule has 0 saturated heterocycles. The van der Waals surface area contributed by atoms with Crippen LogP contribution in [0.25, 0.3) is 0 Å². The second-order valence-electron chi connectivity index (χ2n) is 4.78. The Kier molecular flexibility index (Phi) is 4.11. The van der Waals surface area contributed by atoms with Crippen LogP contribution in [0.3, 0.4) is 0 Å². The van der Waals surface area contributed by atoms with Gasteiger partial charge < -0.3 is 0 Å². The first-order valence-electron chi connectivity index (χ1n) is 6.11. The monoisotopic (exact) mass is 280 g/mol. The summed E-state index contributed by atoms with van der Waals surface area (Å²) in [7, 11) is 0. The molecule has 2 aromatic rings. The number of hydrogen-bond acceptors (Lipinski definition) is 2. The fraction of sp³-hybridized carbons (Fsp3) is 0.200. The van der Waals surface area contributed by atoms with Crippen LogP contribution < -0.4 is 11.3 Å². The Morgan fingerprint density at radius 1 is 0.950 bits per heavy atom. The second kappa shape index (κ2) is 5.64. The van der Waals surface area contributed by atoms with Gasteiger partial charge in [0.2, 0.25) is 0 Å². The summed E-state index contributed by atoms with van der Waals surface area (Å²) in [5.74, 6) is 3.68. The lowest BCUT2D eigenvalue weighted by atomic mass is 9.96. The Labute approximate surface area is 115 Å². The van der Waals surface area contributed by atoms with Gasteiger partial charge in [-0.15, -0.1) is 0 Å². The quantitative estimate of drug-likeness (QED) is 0.669. The van der Waals surface area contributed by atoms with Crippen LogP contribution in [-0.4, -0.2) is 0 Å². The van der Waals surface area contributed by atoms with Crippen molar-refractivity contribution < 1.29 is 13.2 Å². The van der Waals surface area contributed by atoms with Crippen molar-refractivity contribution in [1.82, 2.24) is 5.43 Å². The molecule has 1 unspecified atom stereocenters. The minimum atomic E-state index is -0.747. The molecule has 0 heterocycles. The lowest BCUT2D eigenvalue weighted by molar-refractivity contribution is 0.535. The average molecular weight is 280 g/mol. The lowest BCUT2D eigenvalue weighted by Crippen LogP contribution is -2.30. The van der Waals surface area contributed by atoms with Gasteiger partial charge >= 0.3 is 0 Å². The summed E-state index contributed by atoms with van der Waals surface area (Å²) in [4.78, 5) is 0. The van der Waals surface area contributed by atoms with Gasteiger partial charge in [0.15, 0.2) is 0 Å². The highest BCUT2D eigenvalue weighted by molar-refractivity contribution is 5.37. The topological polar surface area (TPSA) is 38.0 Å². The summed E-state index contributed by atoms with van der Waals surface area (Å²) in [6, 6.07) is 5.77. The van der Waals surface area contributed by atoms with Gasteiger partial charge in [0.1, 0.15) is 17.5 Å². The Morgan fingerprint density at radius 3 is 2.25 bits per heavy atom. The number of halogens is 3. The Bertz CT molecular complexity index is 621. The maximum atomic E-state index is 13.9. The summed E-state index contributed by atoms with van der Waals surface area (Å²) >= 11 is 0. The SMILES string of the molecule is Cc1cc(F)cc(C(NN)c2cc(C)c(F)cc2F)c1. The van der Waals surface area contributed by atoms with E-state index in [9.17, 15) is 13.2 Å². The molecular formula is C15H15F3N2. The van der Waals surface area contributed by atoms with E-state index in [2.05, 4.69) is 5.43 Å². The highest BCUT2D eigenvalue weighted by Gasteiger charge is 2.19. The summed E-state index contributed by atoms with van der Waals surface area (Å²) in [6.45, 7) is 3.26. The highest BCUT2D eigenvalue weighted by atomic mass is 19.1. The van der Waals surface area contributed by atoms with Crippen molar-refractivity contribution in [2.45, 2.75) is 19.9 Å². The molecule has 0 fully saturated rings. The van der Waals surface area contributed by atoms with E-state index in [1.54, 1.807) is 13.0 Å².